The third kappa shape index (κ3) is 6.46. The number of aromatic nitrogens is 3. The van der Waals surface area contributed by atoms with E-state index in [9.17, 15) is 0 Å². The fourth-order valence-electron chi connectivity index (χ4n) is 6.02. The molecule has 0 saturated carbocycles. The fraction of sp³-hybridized carbons (Fsp3) is 0.441. The standard InChI is InChI=1S/C34H44N6O/c1-6-13-25-14-8-9-15-27(25)32-21-31-29(23-39(32)4)33(38-34(37-31)41-5)40-19-12-18-35-26(22-40)20-28(24(3)7-2)30-16-10-11-17-36-30/h8-11,14-17,20,32,35H,6-7,12-13,18-19,21-23H2,1-5H3/b26-20-,28-24-. The Labute approximate surface area is 245 Å². The molecule has 41 heavy (non-hydrogen) atoms. The summed E-state index contributed by atoms with van der Waals surface area (Å²) in [5.74, 6) is 0.990. The average Bonchev–Trinajstić information content (AvgIpc) is 3.25. The second kappa shape index (κ2) is 13.3. The summed E-state index contributed by atoms with van der Waals surface area (Å²) in [6.45, 7) is 10.0. The number of pyridine rings is 1. The lowest BCUT2D eigenvalue weighted by Crippen LogP contribution is -2.36. The molecule has 1 aromatic carbocycles. The summed E-state index contributed by atoms with van der Waals surface area (Å²) >= 11 is 0. The van der Waals surface area contributed by atoms with Gasteiger partial charge in [0.05, 0.1) is 25.0 Å². The summed E-state index contributed by atoms with van der Waals surface area (Å²) in [4.78, 5) is 19.4. The number of hydrogen-bond acceptors (Lipinski definition) is 7. The highest BCUT2D eigenvalue weighted by molar-refractivity contribution is 5.75. The lowest BCUT2D eigenvalue weighted by molar-refractivity contribution is 0.212. The summed E-state index contributed by atoms with van der Waals surface area (Å²) in [6.07, 6.45) is 9.23. The number of benzene rings is 1. The molecule has 7 heteroatoms. The minimum Gasteiger partial charge on any atom is -0.467 e. The number of ether oxygens (including phenoxy) is 1. The van der Waals surface area contributed by atoms with Gasteiger partial charge in [0.1, 0.15) is 5.82 Å². The predicted octanol–water partition coefficient (Wildman–Crippen LogP) is 6.13. The van der Waals surface area contributed by atoms with E-state index in [0.29, 0.717) is 6.01 Å². The van der Waals surface area contributed by atoms with Crippen molar-refractivity contribution >= 4 is 11.4 Å². The minimum absolute atomic E-state index is 0.280. The number of likely N-dealkylation sites (N-methyl/N-ethyl adjacent to an activating group) is 1. The summed E-state index contributed by atoms with van der Waals surface area (Å²) in [6, 6.07) is 15.7. The van der Waals surface area contributed by atoms with Gasteiger partial charge >= 0.3 is 6.01 Å². The first-order chi connectivity index (χ1) is 20.0. The number of anilines is 1. The van der Waals surface area contributed by atoms with Crippen LogP contribution >= 0.6 is 0 Å². The van der Waals surface area contributed by atoms with Crippen molar-refractivity contribution in [2.75, 3.05) is 38.7 Å². The van der Waals surface area contributed by atoms with Crippen LogP contribution in [0.2, 0.25) is 0 Å². The summed E-state index contributed by atoms with van der Waals surface area (Å²) in [5.41, 5.74) is 9.85. The first-order valence-corrected chi connectivity index (χ1v) is 15.0. The molecule has 0 bridgehead atoms. The monoisotopic (exact) mass is 552 g/mol. The second-order valence-electron chi connectivity index (χ2n) is 11.2. The SMILES string of the molecule is CCCc1ccccc1C1Cc2nc(OC)nc(N3CCCN/C(=C\C(=C(/C)CC)c4ccccn4)C3)c2CN1C. The van der Waals surface area contributed by atoms with E-state index in [4.69, 9.17) is 14.7 Å². The Hall–Kier alpha value is -3.71. The number of hydrogen-bond donors (Lipinski definition) is 1. The lowest BCUT2D eigenvalue weighted by Gasteiger charge is -2.37. The fourth-order valence-corrected chi connectivity index (χ4v) is 6.02. The molecule has 0 amide bonds. The van der Waals surface area contributed by atoms with Crippen LogP contribution < -0.4 is 15.0 Å². The molecule has 4 heterocycles. The quantitative estimate of drug-likeness (QED) is 0.361. The van der Waals surface area contributed by atoms with E-state index in [0.717, 1.165) is 75.5 Å². The Balaban J connectivity index is 1.50. The molecule has 0 aliphatic carbocycles. The summed E-state index contributed by atoms with van der Waals surface area (Å²) in [7, 11) is 3.90. The number of allylic oxidation sites excluding steroid dienone is 3. The second-order valence-corrected chi connectivity index (χ2v) is 11.2. The van der Waals surface area contributed by atoms with Crippen molar-refractivity contribution in [1.29, 1.82) is 0 Å². The Bertz CT molecular complexity index is 1400. The highest BCUT2D eigenvalue weighted by Gasteiger charge is 2.32. The number of nitrogens with zero attached hydrogens (tertiary/aromatic N) is 5. The van der Waals surface area contributed by atoms with E-state index in [1.165, 1.54) is 33.5 Å². The maximum Gasteiger partial charge on any atom is 0.318 e. The third-order valence-electron chi connectivity index (χ3n) is 8.36. The van der Waals surface area contributed by atoms with Gasteiger partial charge in [-0.2, -0.15) is 9.97 Å². The molecule has 1 unspecified atom stereocenters. The molecule has 0 spiro atoms. The highest BCUT2D eigenvalue weighted by atomic mass is 16.5. The molecule has 2 aromatic heterocycles. The number of methoxy groups -OCH3 is 1. The van der Waals surface area contributed by atoms with Crippen LogP contribution in [0.5, 0.6) is 6.01 Å². The van der Waals surface area contributed by atoms with E-state index >= 15 is 0 Å². The zero-order chi connectivity index (χ0) is 28.8. The van der Waals surface area contributed by atoms with Crippen LogP contribution in [0.15, 0.2) is 66.0 Å². The maximum absolute atomic E-state index is 5.66. The predicted molar refractivity (Wildman–Crippen MR) is 167 cm³/mol. The number of aryl methyl sites for hydroxylation is 1. The van der Waals surface area contributed by atoms with Crippen molar-refractivity contribution in [3.63, 3.8) is 0 Å². The van der Waals surface area contributed by atoms with Crippen molar-refractivity contribution in [2.24, 2.45) is 0 Å². The normalized spacial score (nSPS) is 19.3. The summed E-state index contributed by atoms with van der Waals surface area (Å²) < 4.78 is 5.66. The van der Waals surface area contributed by atoms with Crippen molar-refractivity contribution in [3.8, 4) is 6.01 Å². The van der Waals surface area contributed by atoms with Crippen LogP contribution in [-0.2, 0) is 19.4 Å². The van der Waals surface area contributed by atoms with Crippen LogP contribution in [-0.4, -0.2) is 53.6 Å². The smallest absolute Gasteiger partial charge is 0.318 e. The van der Waals surface area contributed by atoms with Crippen LogP contribution in [0.25, 0.3) is 5.57 Å². The van der Waals surface area contributed by atoms with E-state index in [1.807, 2.05) is 12.3 Å². The van der Waals surface area contributed by atoms with Gasteiger partial charge in [-0.15, -0.1) is 0 Å². The van der Waals surface area contributed by atoms with Crippen molar-refractivity contribution in [1.82, 2.24) is 25.2 Å². The van der Waals surface area contributed by atoms with Gasteiger partial charge < -0.3 is 15.0 Å². The van der Waals surface area contributed by atoms with Crippen LogP contribution in [0.3, 0.4) is 0 Å². The molecule has 2 aliphatic rings. The van der Waals surface area contributed by atoms with Gasteiger partial charge in [0, 0.05) is 55.1 Å². The molecule has 2 aliphatic heterocycles. The van der Waals surface area contributed by atoms with Crippen molar-refractivity contribution in [3.05, 3.63) is 94.1 Å². The van der Waals surface area contributed by atoms with Crippen LogP contribution in [0, 0.1) is 0 Å². The molecular weight excluding hydrogens is 508 g/mol. The zero-order valence-electron chi connectivity index (χ0n) is 25.3. The molecular formula is C34H44N6O. The zero-order valence-corrected chi connectivity index (χ0v) is 25.3. The van der Waals surface area contributed by atoms with Gasteiger partial charge in [0.15, 0.2) is 0 Å². The molecule has 1 N–H and O–H groups in total. The van der Waals surface area contributed by atoms with Gasteiger partial charge in [0.2, 0.25) is 0 Å². The Morgan fingerprint density at radius 2 is 1.93 bits per heavy atom. The first-order valence-electron chi connectivity index (χ1n) is 15.0. The van der Waals surface area contributed by atoms with E-state index in [1.54, 1.807) is 7.11 Å². The van der Waals surface area contributed by atoms with E-state index in [-0.39, 0.29) is 6.04 Å². The minimum atomic E-state index is 0.280. The molecule has 1 fully saturated rings. The lowest BCUT2D eigenvalue weighted by atomic mass is 9.89. The van der Waals surface area contributed by atoms with Gasteiger partial charge in [-0.3, -0.25) is 9.88 Å². The van der Waals surface area contributed by atoms with Gasteiger partial charge in [-0.25, -0.2) is 0 Å². The summed E-state index contributed by atoms with van der Waals surface area (Å²) in [5, 5.41) is 3.70. The molecule has 216 valence electrons. The molecule has 0 radical (unpaired) electrons. The van der Waals surface area contributed by atoms with Gasteiger partial charge in [-0.05, 0) is 62.6 Å². The number of rotatable bonds is 8. The first kappa shape index (κ1) is 28.8. The largest absolute Gasteiger partial charge is 0.467 e. The Morgan fingerprint density at radius 1 is 1.10 bits per heavy atom. The Morgan fingerprint density at radius 3 is 2.68 bits per heavy atom. The maximum atomic E-state index is 5.66. The topological polar surface area (TPSA) is 66.4 Å². The molecule has 1 saturated heterocycles. The number of nitrogens with one attached hydrogen (secondary N) is 1. The van der Waals surface area contributed by atoms with Crippen LogP contribution in [0.1, 0.15) is 74.2 Å². The molecule has 1 atom stereocenters. The molecule has 5 rings (SSSR count). The molecule has 7 nitrogen and oxygen atoms in total. The van der Waals surface area contributed by atoms with E-state index in [2.05, 4.69) is 90.4 Å². The third-order valence-corrected chi connectivity index (χ3v) is 8.36. The van der Waals surface area contributed by atoms with Gasteiger partial charge in [0.25, 0.3) is 0 Å². The van der Waals surface area contributed by atoms with Crippen molar-refractivity contribution in [2.45, 2.75) is 65.5 Å². The number of fused-ring (bicyclic) bond motifs is 1. The van der Waals surface area contributed by atoms with Gasteiger partial charge in [-0.1, -0.05) is 56.2 Å². The average molecular weight is 553 g/mol. The molecule has 3 aromatic rings. The Kier molecular flexibility index (Phi) is 9.35. The van der Waals surface area contributed by atoms with E-state index < -0.39 is 0 Å². The van der Waals surface area contributed by atoms with Crippen molar-refractivity contribution < 1.29 is 4.74 Å². The van der Waals surface area contributed by atoms with Crippen LogP contribution in [0.4, 0.5) is 5.82 Å². The highest BCUT2D eigenvalue weighted by Crippen LogP contribution is 2.38.